The van der Waals surface area contributed by atoms with Gasteiger partial charge < -0.3 is 49.7 Å². The third-order valence-electron chi connectivity index (χ3n) is 11.3. The lowest BCUT2D eigenvalue weighted by atomic mass is 10.1. The molecule has 394 valence electrons. The van der Waals surface area contributed by atoms with Gasteiger partial charge in [-0.3, -0.25) is 0 Å². The van der Waals surface area contributed by atoms with Crippen LogP contribution in [0.25, 0.3) is 0 Å². The number of benzene rings is 4. The van der Waals surface area contributed by atoms with Gasteiger partial charge in [0.15, 0.2) is 0 Å². The number of halogens is 4. The number of ether oxygens (including phenoxy) is 6. The first-order valence-electron chi connectivity index (χ1n) is 23.5. The minimum absolute atomic E-state index is 0.0466. The van der Waals surface area contributed by atoms with Crippen molar-refractivity contribution in [1.82, 2.24) is 30.7 Å². The van der Waals surface area contributed by atoms with Crippen molar-refractivity contribution in [3.63, 3.8) is 0 Å². The number of hydrogen-bond donors (Lipinski definition) is 6. The van der Waals surface area contributed by atoms with Crippen molar-refractivity contribution in [3.05, 3.63) is 117 Å². The highest BCUT2D eigenvalue weighted by Crippen LogP contribution is 2.39. The van der Waals surface area contributed by atoms with E-state index in [-0.39, 0.29) is 125 Å². The van der Waals surface area contributed by atoms with E-state index in [1.165, 1.54) is 36.4 Å². The number of urea groups is 2. The third-order valence-corrected chi connectivity index (χ3v) is 14.7. The SMILES string of the molecule is O=C(NCCCCNC(=O)NCCOCCOCCNS(=O)(=O)c1ccc(OC2CCc3c(F)cc(Cl)cc32)cc1)NCCOCCOCCNS(=O)(=O)c1ccc(OC2CCc3c(F)cc(Cl)cc32)cc1. The first-order chi connectivity index (χ1) is 34.7. The highest BCUT2D eigenvalue weighted by Gasteiger charge is 2.29. The maximum atomic E-state index is 14.2. The summed E-state index contributed by atoms with van der Waals surface area (Å²) >= 11 is 12.0. The minimum Gasteiger partial charge on any atom is -0.486 e. The fourth-order valence-corrected chi connectivity index (χ4v) is 10.2. The van der Waals surface area contributed by atoms with Gasteiger partial charge in [-0.2, -0.15) is 0 Å². The van der Waals surface area contributed by atoms with Crippen molar-refractivity contribution in [2.45, 2.75) is 60.5 Å². The fourth-order valence-electron chi connectivity index (χ4n) is 7.74. The van der Waals surface area contributed by atoms with Gasteiger partial charge >= 0.3 is 12.1 Å². The molecule has 4 aromatic rings. The molecular weight excluding hydrogens is 1030 g/mol. The predicted molar refractivity (Wildman–Crippen MR) is 265 cm³/mol. The maximum absolute atomic E-state index is 14.2. The standard InChI is InChI=1S/C48H60Cl2F2N6O12S2/c49-33-29-41-39(43(51)31-33)11-13-45(41)69-35-3-7-37(8-4-35)71(61,62)57-19-23-67-27-25-65-21-17-55-47(59)53-15-1-2-16-54-48(60)56-18-22-66-26-28-68-24-20-58-72(63,64)38-9-5-36(6-10-38)70-46-14-12-40-42(46)30-34(50)32-44(40)52/h3-10,29-32,45-46,57-58H,1-2,11-28H2,(H2,53,55,59)(H2,54,56,60). The number of carbonyl (C=O) groups is 2. The molecule has 0 saturated heterocycles. The molecule has 0 radical (unpaired) electrons. The number of unbranched alkanes of at least 4 members (excludes halogenated alkanes) is 1. The van der Waals surface area contributed by atoms with Gasteiger partial charge in [-0.1, -0.05) is 23.2 Å². The number of nitrogens with one attached hydrogen (secondary N) is 6. The van der Waals surface area contributed by atoms with Crippen LogP contribution in [0.3, 0.4) is 0 Å². The Morgan fingerprint density at radius 1 is 0.500 bits per heavy atom. The number of amides is 4. The first-order valence-corrected chi connectivity index (χ1v) is 27.2. The molecule has 2 aliphatic rings. The quantitative estimate of drug-likeness (QED) is 0.0314. The van der Waals surface area contributed by atoms with Crippen LogP contribution in [0, 0.1) is 11.6 Å². The Morgan fingerprint density at radius 3 is 1.22 bits per heavy atom. The molecule has 0 spiro atoms. The van der Waals surface area contributed by atoms with E-state index in [4.69, 9.17) is 51.6 Å². The number of fused-ring (bicyclic) bond motifs is 2. The van der Waals surface area contributed by atoms with E-state index < -0.39 is 20.0 Å². The van der Waals surface area contributed by atoms with Crippen molar-refractivity contribution in [2.75, 3.05) is 92.1 Å². The van der Waals surface area contributed by atoms with E-state index >= 15 is 0 Å². The molecule has 0 fully saturated rings. The van der Waals surface area contributed by atoms with Gasteiger partial charge in [0, 0.05) is 49.3 Å². The molecule has 0 aromatic heterocycles. The smallest absolute Gasteiger partial charge is 0.314 e. The van der Waals surface area contributed by atoms with E-state index in [9.17, 15) is 35.2 Å². The van der Waals surface area contributed by atoms with Crippen LogP contribution in [0.15, 0.2) is 82.6 Å². The van der Waals surface area contributed by atoms with Crippen molar-refractivity contribution in [3.8, 4) is 11.5 Å². The molecule has 6 N–H and O–H groups in total. The number of carbonyl (C=O) groups excluding carboxylic acids is 2. The fraction of sp³-hybridized carbons (Fsp3) is 0.458. The van der Waals surface area contributed by atoms with Gasteiger partial charge in [-0.05, 0) is 134 Å². The molecule has 0 bridgehead atoms. The normalized spacial score (nSPS) is 15.2. The third kappa shape index (κ3) is 18.0. The van der Waals surface area contributed by atoms with E-state index in [0.29, 0.717) is 95.4 Å². The summed E-state index contributed by atoms with van der Waals surface area (Å²) in [5.41, 5.74) is 2.56. The largest absolute Gasteiger partial charge is 0.486 e. The van der Waals surface area contributed by atoms with Gasteiger partial charge in [0.05, 0.1) is 62.6 Å². The van der Waals surface area contributed by atoms with Crippen molar-refractivity contribution < 1.29 is 63.6 Å². The zero-order chi connectivity index (χ0) is 51.4. The van der Waals surface area contributed by atoms with Gasteiger partial charge in [-0.15, -0.1) is 0 Å². The summed E-state index contributed by atoms with van der Waals surface area (Å²) in [7, 11) is -7.58. The molecule has 2 aliphatic carbocycles. The molecule has 4 aromatic carbocycles. The summed E-state index contributed by atoms with van der Waals surface area (Å²) in [6.07, 6.45) is 2.76. The number of sulfonamides is 2. The molecule has 6 rings (SSSR count). The van der Waals surface area contributed by atoms with Crippen LogP contribution in [-0.2, 0) is 51.8 Å². The van der Waals surface area contributed by atoms with Gasteiger partial charge in [0.25, 0.3) is 0 Å². The summed E-state index contributed by atoms with van der Waals surface area (Å²) in [5, 5.41) is 11.4. The molecule has 72 heavy (non-hydrogen) atoms. The zero-order valence-corrected chi connectivity index (χ0v) is 42.6. The zero-order valence-electron chi connectivity index (χ0n) is 39.5. The van der Waals surface area contributed by atoms with Crippen LogP contribution in [0.5, 0.6) is 11.5 Å². The summed E-state index contributed by atoms with van der Waals surface area (Å²) in [6, 6.07) is 17.2. The molecule has 2 atom stereocenters. The van der Waals surface area contributed by atoms with Crippen molar-refractivity contribution in [2.24, 2.45) is 0 Å². The number of rotatable bonds is 31. The predicted octanol–water partition coefficient (Wildman–Crippen LogP) is 6.11. The lowest BCUT2D eigenvalue weighted by molar-refractivity contribution is 0.0516. The van der Waals surface area contributed by atoms with Crippen LogP contribution in [0.1, 0.15) is 60.1 Å². The molecule has 2 unspecified atom stereocenters. The lowest BCUT2D eigenvalue weighted by Crippen LogP contribution is -2.39. The molecule has 24 heteroatoms. The Labute approximate surface area is 428 Å². The highest BCUT2D eigenvalue weighted by atomic mass is 35.5. The molecular formula is C48H60Cl2F2N6O12S2. The van der Waals surface area contributed by atoms with Crippen LogP contribution in [0.4, 0.5) is 18.4 Å². The second kappa shape index (κ2) is 28.5. The Balaban J connectivity index is 0.673. The second-order valence-electron chi connectivity index (χ2n) is 16.5. The van der Waals surface area contributed by atoms with Gasteiger partial charge in [0.2, 0.25) is 20.0 Å². The molecule has 4 amide bonds. The summed E-state index contributed by atoms with van der Waals surface area (Å²) in [6.45, 7) is 3.16. The maximum Gasteiger partial charge on any atom is 0.314 e. The monoisotopic (exact) mass is 1080 g/mol. The van der Waals surface area contributed by atoms with Crippen LogP contribution < -0.4 is 40.2 Å². The second-order valence-corrected chi connectivity index (χ2v) is 20.9. The highest BCUT2D eigenvalue weighted by molar-refractivity contribution is 7.89. The Kier molecular flexibility index (Phi) is 22.4. The topological polar surface area (TPSA) is 230 Å². The van der Waals surface area contributed by atoms with Crippen LogP contribution in [-0.4, -0.2) is 121 Å². The van der Waals surface area contributed by atoms with E-state index in [0.717, 1.165) is 0 Å². The number of hydrogen-bond acceptors (Lipinski definition) is 12. The summed E-state index contributed by atoms with van der Waals surface area (Å²) in [5.74, 6) is 0.195. The van der Waals surface area contributed by atoms with E-state index in [2.05, 4.69) is 30.7 Å². The van der Waals surface area contributed by atoms with Crippen molar-refractivity contribution >= 4 is 55.3 Å². The van der Waals surface area contributed by atoms with E-state index in [1.807, 2.05) is 0 Å². The van der Waals surface area contributed by atoms with Crippen LogP contribution >= 0.6 is 23.2 Å². The molecule has 0 heterocycles. The summed E-state index contributed by atoms with van der Waals surface area (Å²) in [4.78, 5) is 24.2. The van der Waals surface area contributed by atoms with Crippen molar-refractivity contribution in [1.29, 1.82) is 0 Å². The van der Waals surface area contributed by atoms with Gasteiger partial charge in [-0.25, -0.2) is 44.6 Å². The lowest BCUT2D eigenvalue weighted by Gasteiger charge is -2.16. The van der Waals surface area contributed by atoms with Crippen LogP contribution in [0.2, 0.25) is 10.0 Å². The summed E-state index contributed by atoms with van der Waals surface area (Å²) < 4.78 is 118. The molecule has 0 aliphatic heterocycles. The Bertz CT molecular complexity index is 2450. The van der Waals surface area contributed by atoms with Gasteiger partial charge in [0.1, 0.15) is 35.3 Å². The molecule has 18 nitrogen and oxygen atoms in total. The average Bonchev–Trinajstić information content (AvgIpc) is 3.95. The Morgan fingerprint density at radius 2 is 0.847 bits per heavy atom. The minimum atomic E-state index is -3.79. The average molecular weight is 1090 g/mol. The first kappa shape index (κ1) is 56.4. The van der Waals surface area contributed by atoms with E-state index in [1.54, 1.807) is 36.4 Å². The Hall–Kier alpha value is -4.88. The molecule has 0 saturated carbocycles.